The maximum absolute atomic E-state index is 11.7. The van der Waals surface area contributed by atoms with Gasteiger partial charge in [0.15, 0.2) is 0 Å². The maximum Gasteiger partial charge on any atom is 0.241 e. The van der Waals surface area contributed by atoms with E-state index in [-0.39, 0.29) is 12.5 Å². The average Bonchev–Trinajstić information content (AvgIpc) is 2.70. The lowest BCUT2D eigenvalue weighted by Gasteiger charge is -2.24. The number of aromatic nitrogens is 4. The zero-order valence-corrected chi connectivity index (χ0v) is 11.6. The molecular formula is C11H22N6O. The molecule has 0 spiro atoms. The van der Waals surface area contributed by atoms with Crippen LogP contribution in [0.4, 0.5) is 0 Å². The van der Waals surface area contributed by atoms with Crippen molar-refractivity contribution in [3.63, 3.8) is 0 Å². The van der Waals surface area contributed by atoms with Gasteiger partial charge in [-0.05, 0) is 37.9 Å². The number of nitrogens with one attached hydrogen (secondary N) is 1. The minimum Gasteiger partial charge on any atom is -0.353 e. The van der Waals surface area contributed by atoms with Crippen molar-refractivity contribution in [3.8, 4) is 0 Å². The molecule has 1 heterocycles. The first-order valence-electron chi connectivity index (χ1n) is 6.20. The van der Waals surface area contributed by atoms with Gasteiger partial charge in [-0.2, -0.15) is 0 Å². The zero-order valence-electron chi connectivity index (χ0n) is 11.6. The second-order valence-corrected chi connectivity index (χ2v) is 4.59. The van der Waals surface area contributed by atoms with Crippen molar-refractivity contribution >= 4 is 5.91 Å². The van der Waals surface area contributed by atoms with Crippen LogP contribution in [0.1, 0.15) is 25.6 Å². The number of amides is 1. The Kier molecular flexibility index (Phi) is 5.70. The lowest BCUT2D eigenvalue weighted by molar-refractivity contribution is -0.122. The summed E-state index contributed by atoms with van der Waals surface area (Å²) in [4.78, 5) is 13.9. The third-order valence-electron chi connectivity index (χ3n) is 2.89. The predicted octanol–water partition coefficient (Wildman–Crippen LogP) is -0.172. The predicted molar refractivity (Wildman–Crippen MR) is 67.9 cm³/mol. The molecule has 0 aliphatic heterocycles. The lowest BCUT2D eigenvalue weighted by Crippen LogP contribution is -2.41. The largest absolute Gasteiger partial charge is 0.353 e. The molecule has 7 nitrogen and oxygen atoms in total. The van der Waals surface area contributed by atoms with E-state index in [9.17, 15) is 4.79 Å². The summed E-state index contributed by atoms with van der Waals surface area (Å²) in [6.07, 6.45) is 2.17. The van der Waals surface area contributed by atoms with Gasteiger partial charge >= 0.3 is 0 Å². The first-order chi connectivity index (χ1) is 8.54. The van der Waals surface area contributed by atoms with E-state index < -0.39 is 0 Å². The molecule has 18 heavy (non-hydrogen) atoms. The standard InChI is InChI=1S/C11H22N6O/c1-5-6-10(16(3)4)7-12-11(18)8-17-9(2)13-14-15-17/h10H,5-8H2,1-4H3,(H,12,18). The van der Waals surface area contributed by atoms with Crippen molar-refractivity contribution in [2.75, 3.05) is 20.6 Å². The number of rotatable bonds is 7. The number of hydrogen-bond acceptors (Lipinski definition) is 5. The zero-order chi connectivity index (χ0) is 13.5. The summed E-state index contributed by atoms with van der Waals surface area (Å²) >= 11 is 0. The highest BCUT2D eigenvalue weighted by molar-refractivity contribution is 5.75. The van der Waals surface area contributed by atoms with E-state index in [1.807, 2.05) is 14.1 Å². The molecule has 1 rings (SSSR count). The summed E-state index contributed by atoms with van der Waals surface area (Å²) < 4.78 is 1.49. The van der Waals surface area contributed by atoms with Gasteiger partial charge in [-0.1, -0.05) is 13.3 Å². The first kappa shape index (κ1) is 14.6. The van der Waals surface area contributed by atoms with E-state index in [4.69, 9.17) is 0 Å². The van der Waals surface area contributed by atoms with Crippen LogP contribution in [0, 0.1) is 6.92 Å². The van der Waals surface area contributed by atoms with Crippen LogP contribution in [0.25, 0.3) is 0 Å². The van der Waals surface area contributed by atoms with Crippen molar-refractivity contribution < 1.29 is 4.79 Å². The molecule has 1 aromatic rings. The Labute approximate surface area is 108 Å². The van der Waals surface area contributed by atoms with Gasteiger partial charge in [0.25, 0.3) is 0 Å². The summed E-state index contributed by atoms with van der Waals surface area (Å²) in [5.74, 6) is 0.580. The monoisotopic (exact) mass is 254 g/mol. The van der Waals surface area contributed by atoms with Gasteiger partial charge in [0.05, 0.1) is 0 Å². The Morgan fingerprint density at radius 1 is 1.50 bits per heavy atom. The Bertz CT molecular complexity index is 375. The lowest BCUT2D eigenvalue weighted by atomic mass is 10.1. The normalized spacial score (nSPS) is 12.7. The molecule has 7 heteroatoms. The van der Waals surface area contributed by atoms with Gasteiger partial charge in [-0.25, -0.2) is 4.68 Å². The second kappa shape index (κ2) is 7.05. The molecule has 1 unspecified atom stereocenters. The number of likely N-dealkylation sites (N-methyl/N-ethyl adjacent to an activating group) is 1. The van der Waals surface area contributed by atoms with Crippen LogP contribution >= 0.6 is 0 Å². The van der Waals surface area contributed by atoms with Crippen LogP contribution in [0.5, 0.6) is 0 Å². The molecule has 0 saturated carbocycles. The van der Waals surface area contributed by atoms with E-state index in [0.29, 0.717) is 18.4 Å². The third kappa shape index (κ3) is 4.40. The molecule has 0 saturated heterocycles. The third-order valence-corrected chi connectivity index (χ3v) is 2.89. The maximum atomic E-state index is 11.7. The molecule has 1 amide bonds. The summed E-state index contributed by atoms with van der Waals surface area (Å²) in [6.45, 7) is 4.74. The van der Waals surface area contributed by atoms with E-state index in [0.717, 1.165) is 12.8 Å². The molecule has 0 aliphatic rings. The molecule has 1 N–H and O–H groups in total. The van der Waals surface area contributed by atoms with Crippen LogP contribution in [-0.2, 0) is 11.3 Å². The fourth-order valence-corrected chi connectivity index (χ4v) is 1.70. The van der Waals surface area contributed by atoms with Crippen molar-refractivity contribution in [1.82, 2.24) is 30.4 Å². The van der Waals surface area contributed by atoms with Gasteiger partial charge in [0.2, 0.25) is 5.91 Å². The first-order valence-corrected chi connectivity index (χ1v) is 6.20. The molecule has 1 aromatic heterocycles. The van der Waals surface area contributed by atoms with E-state index in [1.54, 1.807) is 6.92 Å². The Morgan fingerprint density at radius 3 is 2.72 bits per heavy atom. The van der Waals surface area contributed by atoms with Crippen LogP contribution in [0.15, 0.2) is 0 Å². The topological polar surface area (TPSA) is 75.9 Å². The summed E-state index contributed by atoms with van der Waals surface area (Å²) in [6, 6.07) is 0.369. The van der Waals surface area contributed by atoms with Gasteiger partial charge in [-0.3, -0.25) is 4.79 Å². The average molecular weight is 254 g/mol. The fraction of sp³-hybridized carbons (Fsp3) is 0.818. The molecule has 0 aromatic carbocycles. The number of nitrogens with zero attached hydrogens (tertiary/aromatic N) is 5. The molecule has 102 valence electrons. The van der Waals surface area contributed by atoms with Crippen molar-refractivity contribution in [2.24, 2.45) is 0 Å². The van der Waals surface area contributed by atoms with Gasteiger partial charge < -0.3 is 10.2 Å². The number of tetrazole rings is 1. The molecule has 0 aliphatic carbocycles. The van der Waals surface area contributed by atoms with Gasteiger partial charge in [0, 0.05) is 12.6 Å². The highest BCUT2D eigenvalue weighted by Gasteiger charge is 2.12. The Morgan fingerprint density at radius 2 is 2.22 bits per heavy atom. The Balaban J connectivity index is 2.38. The van der Waals surface area contributed by atoms with Crippen LogP contribution in [0.2, 0.25) is 0 Å². The SMILES string of the molecule is CCCC(CNC(=O)Cn1nnnc1C)N(C)C. The fourth-order valence-electron chi connectivity index (χ4n) is 1.70. The van der Waals surface area contributed by atoms with E-state index in [1.165, 1.54) is 4.68 Å². The van der Waals surface area contributed by atoms with Crippen molar-refractivity contribution in [3.05, 3.63) is 5.82 Å². The molecule has 1 atom stereocenters. The smallest absolute Gasteiger partial charge is 0.241 e. The van der Waals surface area contributed by atoms with Crippen molar-refractivity contribution in [2.45, 2.75) is 39.3 Å². The highest BCUT2D eigenvalue weighted by atomic mass is 16.2. The van der Waals surface area contributed by atoms with Gasteiger partial charge in [0.1, 0.15) is 12.4 Å². The summed E-state index contributed by atoms with van der Waals surface area (Å²) in [5.41, 5.74) is 0. The molecule has 0 bridgehead atoms. The number of carbonyl (C=O) groups excluding carboxylic acids is 1. The minimum atomic E-state index is -0.0617. The number of aryl methyl sites for hydroxylation is 1. The van der Waals surface area contributed by atoms with Crippen LogP contribution in [0.3, 0.4) is 0 Å². The molecule has 0 radical (unpaired) electrons. The number of hydrogen-bond donors (Lipinski definition) is 1. The Hall–Kier alpha value is -1.50. The summed E-state index contributed by atoms with van der Waals surface area (Å²) in [7, 11) is 4.05. The highest BCUT2D eigenvalue weighted by Crippen LogP contribution is 2.01. The van der Waals surface area contributed by atoms with Gasteiger partial charge in [-0.15, -0.1) is 5.10 Å². The minimum absolute atomic E-state index is 0.0617. The molecular weight excluding hydrogens is 232 g/mol. The van der Waals surface area contributed by atoms with E-state index >= 15 is 0 Å². The van der Waals surface area contributed by atoms with Crippen molar-refractivity contribution in [1.29, 1.82) is 0 Å². The second-order valence-electron chi connectivity index (χ2n) is 4.59. The van der Waals surface area contributed by atoms with Crippen LogP contribution in [-0.4, -0.2) is 57.7 Å². The quantitative estimate of drug-likeness (QED) is 0.731. The van der Waals surface area contributed by atoms with Crippen LogP contribution < -0.4 is 5.32 Å². The summed E-state index contributed by atoms with van der Waals surface area (Å²) in [5, 5.41) is 13.9. The number of carbonyl (C=O) groups is 1. The van der Waals surface area contributed by atoms with E-state index in [2.05, 4.69) is 32.7 Å². The molecule has 0 fully saturated rings.